The summed E-state index contributed by atoms with van der Waals surface area (Å²) in [6, 6.07) is 2.08. The highest BCUT2D eigenvalue weighted by Crippen LogP contribution is 2.25. The average Bonchev–Trinajstić information content (AvgIpc) is 2.97. The van der Waals surface area contributed by atoms with Gasteiger partial charge in [0, 0.05) is 36.0 Å². The molecule has 104 valence electrons. The van der Waals surface area contributed by atoms with Gasteiger partial charge < -0.3 is 15.3 Å². The SMILES string of the molecule is CN(C)CC(O)CNCc1csc(-c2ccsc2)n1. The highest BCUT2D eigenvalue weighted by molar-refractivity contribution is 7.14. The number of aliphatic hydroxyl groups is 1. The first-order chi connectivity index (χ1) is 9.15. The van der Waals surface area contributed by atoms with E-state index in [4.69, 9.17) is 0 Å². The lowest BCUT2D eigenvalue weighted by atomic mass is 10.3. The molecule has 2 N–H and O–H groups in total. The largest absolute Gasteiger partial charge is 0.390 e. The van der Waals surface area contributed by atoms with Gasteiger partial charge in [-0.3, -0.25) is 0 Å². The van der Waals surface area contributed by atoms with Crippen molar-refractivity contribution in [3.05, 3.63) is 27.9 Å². The molecule has 0 aromatic carbocycles. The maximum atomic E-state index is 9.73. The van der Waals surface area contributed by atoms with Gasteiger partial charge in [-0.1, -0.05) is 0 Å². The lowest BCUT2D eigenvalue weighted by Gasteiger charge is -2.15. The maximum absolute atomic E-state index is 9.73. The van der Waals surface area contributed by atoms with Crippen molar-refractivity contribution in [1.29, 1.82) is 0 Å². The Morgan fingerprint density at radius 2 is 2.26 bits per heavy atom. The van der Waals surface area contributed by atoms with Crippen LogP contribution in [-0.4, -0.2) is 48.3 Å². The van der Waals surface area contributed by atoms with Crippen LogP contribution in [0.4, 0.5) is 0 Å². The van der Waals surface area contributed by atoms with E-state index >= 15 is 0 Å². The predicted molar refractivity (Wildman–Crippen MR) is 81.7 cm³/mol. The molecular weight excluding hydrogens is 278 g/mol. The Morgan fingerprint density at radius 3 is 2.95 bits per heavy atom. The summed E-state index contributed by atoms with van der Waals surface area (Å²) in [5, 5.41) is 20.3. The molecule has 19 heavy (non-hydrogen) atoms. The second kappa shape index (κ2) is 7.12. The maximum Gasteiger partial charge on any atom is 0.124 e. The van der Waals surface area contributed by atoms with Crippen molar-refractivity contribution in [2.75, 3.05) is 27.2 Å². The molecule has 0 bridgehead atoms. The Morgan fingerprint density at radius 1 is 1.42 bits per heavy atom. The van der Waals surface area contributed by atoms with Crippen molar-refractivity contribution in [2.45, 2.75) is 12.6 Å². The summed E-state index contributed by atoms with van der Waals surface area (Å²) >= 11 is 3.35. The first-order valence-electron chi connectivity index (χ1n) is 6.15. The molecule has 2 heterocycles. The van der Waals surface area contributed by atoms with E-state index < -0.39 is 0 Å². The van der Waals surface area contributed by atoms with E-state index in [-0.39, 0.29) is 6.10 Å². The summed E-state index contributed by atoms with van der Waals surface area (Å²) in [6.45, 7) is 1.96. The molecule has 0 radical (unpaired) electrons. The molecule has 0 saturated carbocycles. The standard InChI is InChI=1S/C13H19N3OS2/c1-16(2)7-12(17)6-14-5-11-9-19-13(15-11)10-3-4-18-8-10/h3-4,8-9,12,14,17H,5-7H2,1-2H3. The average molecular weight is 297 g/mol. The molecule has 2 rings (SSSR count). The number of aliphatic hydroxyl groups excluding tert-OH is 1. The number of thiazole rings is 1. The van der Waals surface area contributed by atoms with Crippen LogP contribution >= 0.6 is 22.7 Å². The number of nitrogens with zero attached hydrogens (tertiary/aromatic N) is 2. The first kappa shape index (κ1) is 14.6. The smallest absolute Gasteiger partial charge is 0.124 e. The zero-order chi connectivity index (χ0) is 13.7. The van der Waals surface area contributed by atoms with Crippen LogP contribution < -0.4 is 5.32 Å². The zero-order valence-electron chi connectivity index (χ0n) is 11.2. The van der Waals surface area contributed by atoms with Gasteiger partial charge >= 0.3 is 0 Å². The number of hydrogen-bond donors (Lipinski definition) is 2. The van der Waals surface area contributed by atoms with E-state index in [0.717, 1.165) is 10.7 Å². The van der Waals surface area contributed by atoms with Crippen LogP contribution in [0.25, 0.3) is 10.6 Å². The van der Waals surface area contributed by atoms with Gasteiger partial charge in [-0.25, -0.2) is 4.98 Å². The fraction of sp³-hybridized carbons (Fsp3) is 0.462. The Labute approximate surface area is 121 Å². The molecule has 6 heteroatoms. The molecular formula is C13H19N3OS2. The summed E-state index contributed by atoms with van der Waals surface area (Å²) in [7, 11) is 3.91. The van der Waals surface area contributed by atoms with Crippen molar-refractivity contribution in [2.24, 2.45) is 0 Å². The Kier molecular flexibility index (Phi) is 5.47. The molecule has 0 amide bonds. The van der Waals surface area contributed by atoms with E-state index in [1.807, 2.05) is 19.0 Å². The third-order valence-electron chi connectivity index (χ3n) is 2.58. The molecule has 0 spiro atoms. The number of rotatable bonds is 7. The second-order valence-corrected chi connectivity index (χ2v) is 6.34. The molecule has 0 aliphatic heterocycles. The van der Waals surface area contributed by atoms with Crippen LogP contribution in [0, 0.1) is 0 Å². The lowest BCUT2D eigenvalue weighted by molar-refractivity contribution is 0.134. The van der Waals surface area contributed by atoms with Gasteiger partial charge in [0.15, 0.2) is 0 Å². The predicted octanol–water partition coefficient (Wildman–Crippen LogP) is 1.88. The molecule has 1 unspecified atom stereocenters. The van der Waals surface area contributed by atoms with Gasteiger partial charge in [0.2, 0.25) is 0 Å². The van der Waals surface area contributed by atoms with Crippen LogP contribution in [0.2, 0.25) is 0 Å². The molecule has 2 aromatic rings. The van der Waals surface area contributed by atoms with Crippen molar-refractivity contribution < 1.29 is 5.11 Å². The van der Waals surface area contributed by atoms with Gasteiger partial charge in [0.1, 0.15) is 5.01 Å². The Bertz CT molecular complexity index is 482. The highest BCUT2D eigenvalue weighted by Gasteiger charge is 2.07. The Hall–Kier alpha value is -0.790. The number of likely N-dealkylation sites (N-methyl/N-ethyl adjacent to an activating group) is 1. The lowest BCUT2D eigenvalue weighted by Crippen LogP contribution is -2.34. The molecule has 1 atom stereocenters. The summed E-state index contributed by atoms with van der Waals surface area (Å²) in [4.78, 5) is 6.56. The van der Waals surface area contributed by atoms with Gasteiger partial charge in [0.05, 0.1) is 11.8 Å². The van der Waals surface area contributed by atoms with Gasteiger partial charge in [-0.2, -0.15) is 11.3 Å². The molecule has 0 fully saturated rings. The minimum Gasteiger partial charge on any atom is -0.390 e. The van der Waals surface area contributed by atoms with E-state index in [1.54, 1.807) is 22.7 Å². The van der Waals surface area contributed by atoms with E-state index in [1.165, 1.54) is 5.56 Å². The molecule has 2 aromatic heterocycles. The monoisotopic (exact) mass is 297 g/mol. The zero-order valence-corrected chi connectivity index (χ0v) is 12.8. The topological polar surface area (TPSA) is 48.4 Å². The summed E-state index contributed by atoms with van der Waals surface area (Å²) in [5.74, 6) is 0. The van der Waals surface area contributed by atoms with Crippen LogP contribution in [0.3, 0.4) is 0 Å². The summed E-state index contributed by atoms with van der Waals surface area (Å²) in [5.41, 5.74) is 2.22. The van der Waals surface area contributed by atoms with Gasteiger partial charge in [-0.15, -0.1) is 11.3 Å². The third-order valence-corrected chi connectivity index (χ3v) is 4.21. The van der Waals surface area contributed by atoms with E-state index in [9.17, 15) is 5.11 Å². The first-order valence-corrected chi connectivity index (χ1v) is 7.98. The van der Waals surface area contributed by atoms with Crippen LogP contribution in [0.1, 0.15) is 5.69 Å². The number of nitrogens with one attached hydrogen (secondary N) is 1. The normalized spacial score (nSPS) is 13.1. The summed E-state index contributed by atoms with van der Waals surface area (Å²) < 4.78 is 0. The fourth-order valence-electron chi connectivity index (χ4n) is 1.76. The van der Waals surface area contributed by atoms with Crippen LogP contribution in [0.5, 0.6) is 0 Å². The van der Waals surface area contributed by atoms with Crippen molar-refractivity contribution in [1.82, 2.24) is 15.2 Å². The molecule has 4 nitrogen and oxygen atoms in total. The van der Waals surface area contributed by atoms with Crippen molar-refractivity contribution >= 4 is 22.7 Å². The van der Waals surface area contributed by atoms with Crippen LogP contribution in [0.15, 0.2) is 22.2 Å². The van der Waals surface area contributed by atoms with Crippen LogP contribution in [-0.2, 0) is 6.54 Å². The highest BCUT2D eigenvalue weighted by atomic mass is 32.1. The quantitative estimate of drug-likeness (QED) is 0.819. The fourth-order valence-corrected chi connectivity index (χ4v) is 3.29. The molecule has 0 aliphatic rings. The van der Waals surface area contributed by atoms with Gasteiger partial charge in [0.25, 0.3) is 0 Å². The summed E-state index contributed by atoms with van der Waals surface area (Å²) in [6.07, 6.45) is -0.343. The van der Waals surface area contributed by atoms with Crippen molar-refractivity contribution in [3.63, 3.8) is 0 Å². The number of aromatic nitrogens is 1. The molecule has 0 aliphatic carbocycles. The number of hydrogen-bond acceptors (Lipinski definition) is 6. The van der Waals surface area contributed by atoms with E-state index in [2.05, 4.69) is 32.5 Å². The van der Waals surface area contributed by atoms with Crippen molar-refractivity contribution in [3.8, 4) is 10.6 Å². The molecule has 0 saturated heterocycles. The number of thiophene rings is 1. The minimum absolute atomic E-state index is 0.343. The third kappa shape index (κ3) is 4.67. The Balaban J connectivity index is 1.78. The second-order valence-electron chi connectivity index (χ2n) is 4.70. The van der Waals surface area contributed by atoms with E-state index in [0.29, 0.717) is 19.6 Å². The van der Waals surface area contributed by atoms with Gasteiger partial charge in [-0.05, 0) is 25.5 Å². The minimum atomic E-state index is -0.343.